The Morgan fingerprint density at radius 2 is 1.56 bits per heavy atom. The van der Waals surface area contributed by atoms with E-state index in [4.69, 9.17) is 15.2 Å². The van der Waals surface area contributed by atoms with E-state index in [2.05, 4.69) is 0 Å². The lowest BCUT2D eigenvalue weighted by Gasteiger charge is -2.26. The summed E-state index contributed by atoms with van der Waals surface area (Å²) in [4.78, 5) is 39.0. The topological polar surface area (TPSA) is 101 Å². The summed E-state index contributed by atoms with van der Waals surface area (Å²) >= 11 is 1.12. The molecule has 1 unspecified atom stereocenters. The highest BCUT2D eigenvalue weighted by atomic mass is 32.1. The van der Waals surface area contributed by atoms with E-state index in [1.165, 1.54) is 18.8 Å². The Balaban J connectivity index is 2.14. The first-order chi connectivity index (χ1) is 15.5. The summed E-state index contributed by atoms with van der Waals surface area (Å²) in [6.07, 6.45) is 1.74. The molecule has 32 heavy (non-hydrogen) atoms. The van der Waals surface area contributed by atoms with Crippen LogP contribution in [0.5, 0.6) is 0 Å². The molecule has 2 aromatic carbocycles. The summed E-state index contributed by atoms with van der Waals surface area (Å²) in [5.41, 5.74) is 7.41. The van der Waals surface area contributed by atoms with Crippen molar-refractivity contribution in [3.63, 3.8) is 0 Å². The van der Waals surface area contributed by atoms with E-state index in [0.717, 1.165) is 16.9 Å². The molecule has 0 fully saturated rings. The number of methoxy groups -OCH3 is 2. The van der Waals surface area contributed by atoms with E-state index in [1.54, 1.807) is 30.3 Å². The Morgan fingerprint density at radius 3 is 2.16 bits per heavy atom. The van der Waals surface area contributed by atoms with Gasteiger partial charge in [-0.3, -0.25) is 9.36 Å². The lowest BCUT2D eigenvalue weighted by Crippen LogP contribution is -2.43. The second kappa shape index (κ2) is 8.68. The van der Waals surface area contributed by atoms with Crippen LogP contribution in [0.25, 0.3) is 11.6 Å². The van der Waals surface area contributed by atoms with E-state index in [1.807, 2.05) is 36.4 Å². The van der Waals surface area contributed by atoms with Crippen LogP contribution >= 0.6 is 11.3 Å². The van der Waals surface area contributed by atoms with Crippen molar-refractivity contribution in [3.8, 4) is 0 Å². The number of aromatic nitrogens is 1. The second-order valence-corrected chi connectivity index (χ2v) is 8.03. The fourth-order valence-electron chi connectivity index (χ4n) is 3.71. The summed E-state index contributed by atoms with van der Waals surface area (Å²) in [6.45, 7) is 0. The zero-order chi connectivity index (χ0) is 22.8. The summed E-state index contributed by atoms with van der Waals surface area (Å²) in [5, 5.41) is 0. The van der Waals surface area contributed by atoms with Crippen LogP contribution in [0.1, 0.15) is 17.2 Å². The number of ether oxygens (including phenoxy) is 2. The largest absolute Gasteiger partial charge is 0.466 e. The molecule has 0 spiro atoms. The molecular formula is C24H20N2O5S. The number of hydrogen-bond donors (Lipinski definition) is 1. The molecule has 1 aliphatic rings. The minimum atomic E-state index is -0.853. The Labute approximate surface area is 187 Å². The normalized spacial score (nSPS) is 16.0. The second-order valence-electron chi connectivity index (χ2n) is 7.00. The van der Waals surface area contributed by atoms with Gasteiger partial charge in [-0.15, -0.1) is 11.3 Å². The standard InChI is InChI=1S/C24H20N2O5S/c1-30-23(28)17-19(25)18(24(29)31-2)22-26(20(17)15-11-7-4-8-12-15)21(27)16(32-22)13-14-9-5-3-6-10-14/h3-13,20H,25H2,1-2H3/b16-13+. The van der Waals surface area contributed by atoms with Gasteiger partial charge in [0.25, 0.3) is 5.56 Å². The molecule has 1 aliphatic heterocycles. The molecule has 7 nitrogen and oxygen atoms in total. The van der Waals surface area contributed by atoms with Gasteiger partial charge in [0.1, 0.15) is 10.2 Å². The third-order valence-corrected chi connectivity index (χ3v) is 6.27. The molecule has 0 saturated heterocycles. The quantitative estimate of drug-likeness (QED) is 0.599. The van der Waals surface area contributed by atoms with Crippen molar-refractivity contribution >= 4 is 34.9 Å². The predicted octanol–water partition coefficient (Wildman–Crippen LogP) is 1.05. The van der Waals surface area contributed by atoms with Crippen molar-refractivity contribution in [1.29, 1.82) is 0 Å². The minimum Gasteiger partial charge on any atom is -0.466 e. The van der Waals surface area contributed by atoms with E-state index >= 15 is 0 Å². The van der Waals surface area contributed by atoms with Gasteiger partial charge in [-0.1, -0.05) is 60.7 Å². The molecule has 1 atom stereocenters. The maximum atomic E-state index is 13.6. The Morgan fingerprint density at radius 1 is 0.969 bits per heavy atom. The average Bonchev–Trinajstić information content (AvgIpc) is 3.13. The number of rotatable bonds is 4. The Hall–Kier alpha value is -3.91. The lowest BCUT2D eigenvalue weighted by atomic mass is 9.92. The highest BCUT2D eigenvalue weighted by Crippen LogP contribution is 2.32. The first-order valence-corrected chi connectivity index (χ1v) is 10.5. The first-order valence-electron chi connectivity index (χ1n) is 9.72. The molecule has 1 aromatic heterocycles. The summed E-state index contributed by atoms with van der Waals surface area (Å²) in [6, 6.07) is 17.5. The molecule has 0 bridgehead atoms. The SMILES string of the molecule is COC(=O)C1=C(N)C(C(=O)OC)=c2s/c(=C/c3ccccc3)c(=O)n2C1c1ccccc1. The molecular weight excluding hydrogens is 428 g/mol. The number of thiazole rings is 1. The molecule has 3 aromatic rings. The van der Waals surface area contributed by atoms with Gasteiger partial charge in [0.2, 0.25) is 0 Å². The van der Waals surface area contributed by atoms with Gasteiger partial charge in [-0.25, -0.2) is 9.59 Å². The van der Waals surface area contributed by atoms with Crippen molar-refractivity contribution in [3.05, 3.63) is 103 Å². The van der Waals surface area contributed by atoms with E-state index in [0.29, 0.717) is 14.8 Å². The van der Waals surface area contributed by atoms with Crippen LogP contribution < -0.4 is 20.5 Å². The maximum absolute atomic E-state index is 13.6. The van der Waals surface area contributed by atoms with Gasteiger partial charge in [0, 0.05) is 0 Å². The summed E-state index contributed by atoms with van der Waals surface area (Å²) in [7, 11) is 2.44. The number of nitrogens with zero attached hydrogens (tertiary/aromatic N) is 1. The fourth-order valence-corrected chi connectivity index (χ4v) is 4.88. The Bertz CT molecular complexity index is 1400. The van der Waals surface area contributed by atoms with Crippen molar-refractivity contribution in [2.24, 2.45) is 5.73 Å². The van der Waals surface area contributed by atoms with Crippen LogP contribution in [0.3, 0.4) is 0 Å². The molecule has 0 saturated carbocycles. The van der Waals surface area contributed by atoms with Crippen molar-refractivity contribution in [1.82, 2.24) is 4.57 Å². The maximum Gasteiger partial charge on any atom is 0.342 e. The van der Waals surface area contributed by atoms with Gasteiger partial charge in [-0.05, 0) is 17.2 Å². The summed E-state index contributed by atoms with van der Waals surface area (Å²) < 4.78 is 12.0. The van der Waals surface area contributed by atoms with Crippen molar-refractivity contribution in [2.75, 3.05) is 14.2 Å². The van der Waals surface area contributed by atoms with Gasteiger partial charge < -0.3 is 15.2 Å². The number of esters is 2. The third-order valence-electron chi connectivity index (χ3n) is 5.17. The van der Waals surface area contributed by atoms with Crippen molar-refractivity contribution < 1.29 is 19.1 Å². The summed E-state index contributed by atoms with van der Waals surface area (Å²) in [5.74, 6) is -1.47. The molecule has 2 heterocycles. The molecule has 162 valence electrons. The van der Waals surface area contributed by atoms with Crippen LogP contribution in [0.2, 0.25) is 0 Å². The van der Waals surface area contributed by atoms with Crippen molar-refractivity contribution in [2.45, 2.75) is 6.04 Å². The highest BCUT2D eigenvalue weighted by Gasteiger charge is 2.37. The predicted molar refractivity (Wildman–Crippen MR) is 121 cm³/mol. The highest BCUT2D eigenvalue weighted by molar-refractivity contribution is 7.07. The third kappa shape index (κ3) is 3.54. The molecule has 0 radical (unpaired) electrons. The molecule has 0 amide bonds. The number of carbonyl (C=O) groups is 2. The van der Waals surface area contributed by atoms with Crippen LogP contribution in [-0.2, 0) is 19.1 Å². The fraction of sp³-hybridized carbons (Fsp3) is 0.125. The number of benzene rings is 2. The zero-order valence-corrected chi connectivity index (χ0v) is 18.2. The number of carbonyl (C=O) groups excluding carboxylic acids is 2. The average molecular weight is 449 g/mol. The van der Waals surface area contributed by atoms with Crippen LogP contribution in [0, 0.1) is 0 Å². The van der Waals surface area contributed by atoms with Gasteiger partial charge in [0.05, 0.1) is 36.1 Å². The minimum absolute atomic E-state index is 0.0118. The van der Waals surface area contributed by atoms with E-state index < -0.39 is 18.0 Å². The number of hydrogen-bond acceptors (Lipinski definition) is 7. The molecule has 4 rings (SSSR count). The van der Waals surface area contributed by atoms with Gasteiger partial charge >= 0.3 is 11.9 Å². The lowest BCUT2D eigenvalue weighted by molar-refractivity contribution is -0.136. The number of nitrogens with two attached hydrogens (primary N) is 1. The number of fused-ring (bicyclic) bond motifs is 1. The smallest absolute Gasteiger partial charge is 0.342 e. The monoisotopic (exact) mass is 448 g/mol. The van der Waals surface area contributed by atoms with Crippen LogP contribution in [0.4, 0.5) is 0 Å². The van der Waals surface area contributed by atoms with E-state index in [-0.39, 0.29) is 22.4 Å². The molecule has 0 aliphatic carbocycles. The molecule has 2 N–H and O–H groups in total. The van der Waals surface area contributed by atoms with Gasteiger partial charge in [0.15, 0.2) is 0 Å². The Kier molecular flexibility index (Phi) is 5.79. The van der Waals surface area contributed by atoms with Gasteiger partial charge in [-0.2, -0.15) is 0 Å². The van der Waals surface area contributed by atoms with E-state index in [9.17, 15) is 14.4 Å². The van der Waals surface area contributed by atoms with Crippen LogP contribution in [-0.4, -0.2) is 30.7 Å². The zero-order valence-electron chi connectivity index (χ0n) is 17.4. The molecule has 8 heteroatoms. The first kappa shape index (κ1) is 21.3. The van der Waals surface area contributed by atoms with Crippen LogP contribution in [0.15, 0.2) is 76.7 Å².